The van der Waals surface area contributed by atoms with E-state index in [0.717, 1.165) is 23.3 Å². The summed E-state index contributed by atoms with van der Waals surface area (Å²) in [6, 6.07) is 0. The van der Waals surface area contributed by atoms with Gasteiger partial charge in [0.15, 0.2) is 0 Å². The van der Waals surface area contributed by atoms with E-state index in [9.17, 15) is 10.2 Å². The summed E-state index contributed by atoms with van der Waals surface area (Å²) in [5.74, 6) is 2.41. The number of allylic oxidation sites excluding steroid dienone is 3. The van der Waals surface area contributed by atoms with Gasteiger partial charge in [-0.05, 0) is 73.7 Å². The standard InChI is InChI=1S/C23H36O2/c1-5-15(2)19-10-11-20-18(7-6-12-23(19,20)4)9-8-17-13-21(24)16(3)22(25)14-17/h8-9,15,19-22,24-25H,3,5-7,10-14H2,1-2,4H3/t15-,19?,20?,21-,22-,23-/m1/s1. The zero-order valence-electron chi connectivity index (χ0n) is 16.3. The summed E-state index contributed by atoms with van der Waals surface area (Å²) >= 11 is 0. The first kappa shape index (κ1) is 18.9. The van der Waals surface area contributed by atoms with Crippen molar-refractivity contribution in [1.29, 1.82) is 0 Å². The Labute approximate surface area is 153 Å². The SMILES string of the molecule is C=C1[C@H](O)CC(=CC=C2CCC[C@@]3(C)C2CCC3[C@H](C)CC)C[C@H]1O. The summed E-state index contributed by atoms with van der Waals surface area (Å²) in [7, 11) is 0. The quantitative estimate of drug-likeness (QED) is 0.693. The van der Waals surface area contributed by atoms with Crippen LogP contribution in [-0.4, -0.2) is 22.4 Å². The van der Waals surface area contributed by atoms with E-state index < -0.39 is 12.2 Å². The van der Waals surface area contributed by atoms with Gasteiger partial charge in [-0.15, -0.1) is 0 Å². The molecule has 0 saturated heterocycles. The van der Waals surface area contributed by atoms with Crippen LogP contribution in [0.25, 0.3) is 0 Å². The van der Waals surface area contributed by atoms with E-state index in [0.29, 0.717) is 23.8 Å². The lowest BCUT2D eigenvalue weighted by Gasteiger charge is -2.44. The summed E-state index contributed by atoms with van der Waals surface area (Å²) in [4.78, 5) is 0. The highest BCUT2D eigenvalue weighted by Crippen LogP contribution is 2.59. The van der Waals surface area contributed by atoms with Gasteiger partial charge in [0.1, 0.15) is 0 Å². The first-order valence-electron chi connectivity index (χ1n) is 10.3. The minimum Gasteiger partial charge on any atom is -0.388 e. The van der Waals surface area contributed by atoms with Gasteiger partial charge in [0, 0.05) is 0 Å². The number of aliphatic hydroxyl groups is 2. The van der Waals surface area contributed by atoms with Gasteiger partial charge in [-0.3, -0.25) is 0 Å². The van der Waals surface area contributed by atoms with Crippen LogP contribution < -0.4 is 0 Å². The molecule has 0 aliphatic heterocycles. The second-order valence-corrected chi connectivity index (χ2v) is 9.06. The van der Waals surface area contributed by atoms with E-state index in [1.54, 1.807) is 5.57 Å². The van der Waals surface area contributed by atoms with Crippen molar-refractivity contribution in [3.05, 3.63) is 35.5 Å². The van der Waals surface area contributed by atoms with Crippen LogP contribution in [0, 0.1) is 23.2 Å². The molecule has 3 aliphatic carbocycles. The van der Waals surface area contributed by atoms with Gasteiger partial charge >= 0.3 is 0 Å². The summed E-state index contributed by atoms with van der Waals surface area (Å²) in [6.07, 6.45) is 12.5. The van der Waals surface area contributed by atoms with Crippen molar-refractivity contribution in [1.82, 2.24) is 0 Å². The van der Waals surface area contributed by atoms with E-state index in [4.69, 9.17) is 0 Å². The number of rotatable bonds is 3. The molecular formula is C23H36O2. The molecule has 2 unspecified atom stereocenters. The Morgan fingerprint density at radius 2 is 1.88 bits per heavy atom. The summed E-state index contributed by atoms with van der Waals surface area (Å²) in [6.45, 7) is 11.1. The highest BCUT2D eigenvalue weighted by Gasteiger charge is 2.50. The highest BCUT2D eigenvalue weighted by molar-refractivity contribution is 5.29. The molecule has 3 aliphatic rings. The predicted molar refractivity (Wildman–Crippen MR) is 104 cm³/mol. The monoisotopic (exact) mass is 344 g/mol. The molecule has 3 fully saturated rings. The van der Waals surface area contributed by atoms with Crippen LogP contribution in [-0.2, 0) is 0 Å². The van der Waals surface area contributed by atoms with E-state index in [1.807, 2.05) is 0 Å². The molecule has 0 radical (unpaired) electrons. The molecule has 0 spiro atoms. The van der Waals surface area contributed by atoms with Crippen LogP contribution in [0.1, 0.15) is 72.1 Å². The molecule has 0 bridgehead atoms. The van der Waals surface area contributed by atoms with Crippen LogP contribution in [0.3, 0.4) is 0 Å². The second kappa shape index (κ2) is 7.40. The highest BCUT2D eigenvalue weighted by atomic mass is 16.3. The van der Waals surface area contributed by atoms with Gasteiger partial charge in [-0.25, -0.2) is 0 Å². The Morgan fingerprint density at radius 1 is 1.20 bits per heavy atom. The van der Waals surface area contributed by atoms with Gasteiger partial charge in [-0.2, -0.15) is 0 Å². The number of hydrogen-bond acceptors (Lipinski definition) is 2. The van der Waals surface area contributed by atoms with E-state index in [1.165, 1.54) is 38.5 Å². The second-order valence-electron chi connectivity index (χ2n) is 9.06. The Hall–Kier alpha value is -0.860. The Kier molecular flexibility index (Phi) is 5.60. The molecule has 0 aromatic carbocycles. The minimum absolute atomic E-state index is 0.470. The molecule has 0 heterocycles. The lowest BCUT2D eigenvalue weighted by molar-refractivity contribution is 0.0961. The van der Waals surface area contributed by atoms with Gasteiger partial charge in [-0.1, -0.05) is 57.1 Å². The maximum Gasteiger partial charge on any atom is 0.0809 e. The molecule has 0 aromatic rings. The number of hydrogen-bond donors (Lipinski definition) is 2. The van der Waals surface area contributed by atoms with Crippen molar-refractivity contribution in [2.75, 3.05) is 0 Å². The van der Waals surface area contributed by atoms with Crippen molar-refractivity contribution in [2.24, 2.45) is 23.2 Å². The zero-order valence-corrected chi connectivity index (χ0v) is 16.3. The maximum atomic E-state index is 10.0. The number of aliphatic hydroxyl groups excluding tert-OH is 2. The predicted octanol–water partition coefficient (Wildman–Crippen LogP) is 5.17. The van der Waals surface area contributed by atoms with Crippen molar-refractivity contribution in [3.8, 4) is 0 Å². The van der Waals surface area contributed by atoms with Crippen LogP contribution in [0.15, 0.2) is 35.5 Å². The maximum absolute atomic E-state index is 10.0. The fourth-order valence-electron chi connectivity index (χ4n) is 5.92. The van der Waals surface area contributed by atoms with E-state index >= 15 is 0 Å². The van der Waals surface area contributed by atoms with Crippen LogP contribution in [0.5, 0.6) is 0 Å². The van der Waals surface area contributed by atoms with Gasteiger partial charge in [0.2, 0.25) is 0 Å². The molecule has 3 rings (SSSR count). The fraction of sp³-hybridized carbons (Fsp3) is 0.739. The van der Waals surface area contributed by atoms with Gasteiger partial charge in [0.25, 0.3) is 0 Å². The normalized spacial score (nSPS) is 41.7. The average Bonchev–Trinajstić information content (AvgIpc) is 2.94. The third-order valence-electron chi connectivity index (χ3n) is 7.67. The largest absolute Gasteiger partial charge is 0.388 e. The van der Waals surface area contributed by atoms with Gasteiger partial charge in [0.05, 0.1) is 12.2 Å². The molecule has 2 nitrogen and oxygen atoms in total. The van der Waals surface area contributed by atoms with Crippen LogP contribution in [0.2, 0.25) is 0 Å². The van der Waals surface area contributed by atoms with Crippen molar-refractivity contribution >= 4 is 0 Å². The van der Waals surface area contributed by atoms with Crippen LogP contribution in [0.4, 0.5) is 0 Å². The summed E-state index contributed by atoms with van der Waals surface area (Å²) < 4.78 is 0. The molecule has 2 N–H and O–H groups in total. The van der Waals surface area contributed by atoms with Crippen molar-refractivity contribution in [2.45, 2.75) is 84.3 Å². The van der Waals surface area contributed by atoms with E-state index in [2.05, 4.69) is 39.5 Å². The first-order valence-corrected chi connectivity index (χ1v) is 10.3. The first-order chi connectivity index (χ1) is 11.9. The summed E-state index contributed by atoms with van der Waals surface area (Å²) in [5.41, 5.74) is 3.81. The zero-order chi connectivity index (χ0) is 18.2. The van der Waals surface area contributed by atoms with Crippen LogP contribution >= 0.6 is 0 Å². The third kappa shape index (κ3) is 3.53. The molecule has 140 valence electrons. The number of fused-ring (bicyclic) bond motifs is 1. The molecule has 0 aromatic heterocycles. The molecule has 6 atom stereocenters. The Balaban J connectivity index is 1.78. The topological polar surface area (TPSA) is 40.5 Å². The molecular weight excluding hydrogens is 308 g/mol. The molecule has 0 amide bonds. The lowest BCUT2D eigenvalue weighted by atomic mass is 9.61. The van der Waals surface area contributed by atoms with Gasteiger partial charge < -0.3 is 10.2 Å². The minimum atomic E-state index is -0.591. The average molecular weight is 345 g/mol. The Bertz CT molecular complexity index is 557. The van der Waals surface area contributed by atoms with Crippen molar-refractivity contribution < 1.29 is 10.2 Å². The molecule has 25 heavy (non-hydrogen) atoms. The molecule has 2 heteroatoms. The van der Waals surface area contributed by atoms with E-state index in [-0.39, 0.29) is 0 Å². The van der Waals surface area contributed by atoms with Crippen molar-refractivity contribution in [3.63, 3.8) is 0 Å². The molecule has 3 saturated carbocycles. The fourth-order valence-corrected chi connectivity index (χ4v) is 5.92. The third-order valence-corrected chi connectivity index (χ3v) is 7.67. The summed E-state index contributed by atoms with van der Waals surface area (Å²) in [5, 5.41) is 20.1. The smallest absolute Gasteiger partial charge is 0.0809 e. The lowest BCUT2D eigenvalue weighted by Crippen LogP contribution is -2.35. The Morgan fingerprint density at radius 3 is 2.52 bits per heavy atom.